The number of aromatic nitrogens is 3. The molecule has 7 heteroatoms. The first-order chi connectivity index (χ1) is 12.6. The zero-order valence-corrected chi connectivity index (χ0v) is 15.5. The number of pyridine rings is 1. The number of aromatic amines is 1. The van der Waals surface area contributed by atoms with Gasteiger partial charge in [0.05, 0.1) is 24.9 Å². The van der Waals surface area contributed by atoms with Gasteiger partial charge in [-0.25, -0.2) is 0 Å². The highest BCUT2D eigenvalue weighted by molar-refractivity contribution is 5.78. The molecule has 0 aromatic carbocycles. The van der Waals surface area contributed by atoms with Gasteiger partial charge in [0, 0.05) is 44.3 Å². The van der Waals surface area contributed by atoms with Crippen molar-refractivity contribution < 1.29 is 9.53 Å². The lowest BCUT2D eigenvalue weighted by Gasteiger charge is -2.26. The van der Waals surface area contributed by atoms with Crippen LogP contribution >= 0.6 is 0 Å². The molecule has 0 radical (unpaired) electrons. The minimum Gasteiger partial charge on any atom is -0.369 e. The van der Waals surface area contributed by atoms with Gasteiger partial charge in [-0.05, 0) is 24.1 Å². The van der Waals surface area contributed by atoms with Gasteiger partial charge in [-0.3, -0.25) is 19.8 Å². The summed E-state index contributed by atoms with van der Waals surface area (Å²) < 4.78 is 6.13. The Bertz CT molecular complexity index is 675. The topological polar surface area (TPSA) is 74.3 Å². The van der Waals surface area contributed by atoms with Crippen LogP contribution in [0.3, 0.4) is 0 Å². The maximum absolute atomic E-state index is 12.7. The normalized spacial score (nSPS) is 19.1. The number of nitrogens with zero attached hydrogens (tertiary/aromatic N) is 4. The van der Waals surface area contributed by atoms with E-state index in [1.807, 2.05) is 29.2 Å². The number of carbonyl (C=O) groups is 1. The Morgan fingerprint density at radius 3 is 2.85 bits per heavy atom. The monoisotopic (exact) mass is 357 g/mol. The molecule has 3 rings (SSSR count). The minimum absolute atomic E-state index is 0.0508. The Morgan fingerprint density at radius 1 is 1.27 bits per heavy atom. The first-order valence-electron chi connectivity index (χ1n) is 9.10. The second-order valence-electron chi connectivity index (χ2n) is 7.20. The Labute approximate surface area is 154 Å². The molecule has 0 saturated carbocycles. The smallest absolute Gasteiger partial charge is 0.236 e. The Kier molecular flexibility index (Phi) is 6.35. The number of ether oxygens (including phenoxy) is 1. The fraction of sp³-hybridized carbons (Fsp3) is 0.526. The molecular formula is C19H27N5O2. The number of carbonyl (C=O) groups excluding carboxylic acids is 1. The van der Waals surface area contributed by atoms with E-state index in [0.717, 1.165) is 17.9 Å². The lowest BCUT2D eigenvalue weighted by molar-refractivity contribution is -0.132. The second-order valence-corrected chi connectivity index (χ2v) is 7.20. The fourth-order valence-electron chi connectivity index (χ4n) is 3.19. The van der Waals surface area contributed by atoms with Crippen LogP contribution in [0.15, 0.2) is 36.7 Å². The molecule has 26 heavy (non-hydrogen) atoms. The minimum atomic E-state index is -0.0508. The molecule has 1 N–H and O–H groups in total. The van der Waals surface area contributed by atoms with E-state index in [1.165, 1.54) is 0 Å². The van der Waals surface area contributed by atoms with Gasteiger partial charge in [0.25, 0.3) is 0 Å². The van der Waals surface area contributed by atoms with Crippen molar-refractivity contribution in [3.05, 3.63) is 48.0 Å². The fourth-order valence-corrected chi connectivity index (χ4v) is 3.19. The predicted molar refractivity (Wildman–Crippen MR) is 98.1 cm³/mol. The Morgan fingerprint density at radius 2 is 2.15 bits per heavy atom. The van der Waals surface area contributed by atoms with Crippen molar-refractivity contribution in [3.8, 4) is 0 Å². The molecule has 1 aliphatic rings. The summed E-state index contributed by atoms with van der Waals surface area (Å²) in [5.74, 6) is 0.580. The van der Waals surface area contributed by atoms with Crippen molar-refractivity contribution in [2.75, 3.05) is 26.2 Å². The highest BCUT2D eigenvalue weighted by Gasteiger charge is 2.29. The number of rotatable bonds is 7. The molecule has 1 atom stereocenters. The quantitative estimate of drug-likeness (QED) is 0.816. The number of H-pyrrole nitrogens is 1. The van der Waals surface area contributed by atoms with Gasteiger partial charge in [-0.15, -0.1) is 0 Å². The number of hydrogen-bond donors (Lipinski definition) is 1. The third kappa shape index (κ3) is 5.37. The van der Waals surface area contributed by atoms with Crippen LogP contribution in [0.1, 0.15) is 25.2 Å². The van der Waals surface area contributed by atoms with E-state index in [-0.39, 0.29) is 12.0 Å². The maximum Gasteiger partial charge on any atom is 0.236 e. The van der Waals surface area contributed by atoms with Gasteiger partial charge in [0.2, 0.25) is 5.91 Å². The highest BCUT2D eigenvalue weighted by Crippen LogP contribution is 2.14. The lowest BCUT2D eigenvalue weighted by Crippen LogP contribution is -2.40. The maximum atomic E-state index is 12.7. The predicted octanol–water partition coefficient (Wildman–Crippen LogP) is 1.69. The van der Waals surface area contributed by atoms with Crippen LogP contribution in [0, 0.1) is 5.92 Å². The van der Waals surface area contributed by atoms with Crippen LogP contribution < -0.4 is 0 Å². The largest absolute Gasteiger partial charge is 0.369 e. The average molecular weight is 357 g/mol. The summed E-state index contributed by atoms with van der Waals surface area (Å²) in [6.45, 7) is 7.83. The van der Waals surface area contributed by atoms with Crippen LogP contribution in [-0.4, -0.2) is 63.2 Å². The SMILES string of the molecule is CC(C)CN1CC(OCc2ccccn2)CN(Cc2ccn[nH]2)CC1=O. The van der Waals surface area contributed by atoms with Crippen LogP contribution in [0.2, 0.25) is 0 Å². The first kappa shape index (κ1) is 18.5. The highest BCUT2D eigenvalue weighted by atomic mass is 16.5. The van der Waals surface area contributed by atoms with Crippen molar-refractivity contribution >= 4 is 5.91 Å². The molecule has 0 aliphatic carbocycles. The molecule has 0 spiro atoms. The second kappa shape index (κ2) is 8.91. The summed E-state index contributed by atoms with van der Waals surface area (Å²) in [7, 11) is 0. The third-order valence-corrected chi connectivity index (χ3v) is 4.33. The van der Waals surface area contributed by atoms with E-state index < -0.39 is 0 Å². The van der Waals surface area contributed by atoms with Gasteiger partial charge in [-0.1, -0.05) is 19.9 Å². The molecular weight excluding hydrogens is 330 g/mol. The summed E-state index contributed by atoms with van der Waals surface area (Å²) in [6.07, 6.45) is 3.45. The van der Waals surface area contributed by atoms with Gasteiger partial charge in [-0.2, -0.15) is 5.10 Å². The molecule has 140 valence electrons. The Hall–Kier alpha value is -2.25. The van der Waals surface area contributed by atoms with Crippen LogP contribution in [0.5, 0.6) is 0 Å². The van der Waals surface area contributed by atoms with E-state index in [2.05, 4.69) is 33.9 Å². The van der Waals surface area contributed by atoms with Crippen LogP contribution in [0.4, 0.5) is 0 Å². The van der Waals surface area contributed by atoms with Crippen molar-refractivity contribution in [2.45, 2.75) is 33.1 Å². The molecule has 1 aliphatic heterocycles. The summed E-state index contributed by atoms with van der Waals surface area (Å²) in [4.78, 5) is 21.1. The summed E-state index contributed by atoms with van der Waals surface area (Å²) in [6, 6.07) is 7.74. The molecule has 7 nitrogen and oxygen atoms in total. The molecule has 3 heterocycles. The molecule has 1 fully saturated rings. The summed E-state index contributed by atoms with van der Waals surface area (Å²) >= 11 is 0. The number of nitrogens with one attached hydrogen (secondary N) is 1. The van der Waals surface area contributed by atoms with Crippen molar-refractivity contribution in [1.82, 2.24) is 25.0 Å². The summed E-state index contributed by atoms with van der Waals surface area (Å²) in [5.41, 5.74) is 1.90. The van der Waals surface area contributed by atoms with Crippen molar-refractivity contribution in [3.63, 3.8) is 0 Å². The van der Waals surface area contributed by atoms with Gasteiger partial charge < -0.3 is 9.64 Å². The molecule has 1 amide bonds. The van der Waals surface area contributed by atoms with E-state index in [4.69, 9.17) is 4.74 Å². The molecule has 0 bridgehead atoms. The molecule has 1 unspecified atom stereocenters. The van der Waals surface area contributed by atoms with Gasteiger partial charge in [0.1, 0.15) is 0 Å². The lowest BCUT2D eigenvalue weighted by atomic mass is 10.2. The van der Waals surface area contributed by atoms with E-state index in [0.29, 0.717) is 38.7 Å². The standard InChI is InChI=1S/C19H27N5O2/c1-15(2)9-24-12-18(26-14-17-5-3-4-7-20-17)11-23(13-19(24)25)10-16-6-8-21-22-16/h3-8,15,18H,9-14H2,1-2H3,(H,21,22). The molecule has 2 aromatic heterocycles. The average Bonchev–Trinajstić information content (AvgIpc) is 3.07. The Balaban J connectivity index is 1.67. The third-order valence-electron chi connectivity index (χ3n) is 4.33. The molecule has 1 saturated heterocycles. The van der Waals surface area contributed by atoms with E-state index in [9.17, 15) is 4.79 Å². The van der Waals surface area contributed by atoms with Crippen LogP contribution in [-0.2, 0) is 22.7 Å². The van der Waals surface area contributed by atoms with Crippen molar-refractivity contribution in [1.29, 1.82) is 0 Å². The van der Waals surface area contributed by atoms with E-state index in [1.54, 1.807) is 12.4 Å². The zero-order chi connectivity index (χ0) is 18.4. The van der Waals surface area contributed by atoms with Crippen LogP contribution in [0.25, 0.3) is 0 Å². The molecule has 2 aromatic rings. The number of hydrogen-bond acceptors (Lipinski definition) is 5. The van der Waals surface area contributed by atoms with Gasteiger partial charge >= 0.3 is 0 Å². The van der Waals surface area contributed by atoms with Gasteiger partial charge in [0.15, 0.2) is 0 Å². The van der Waals surface area contributed by atoms with E-state index >= 15 is 0 Å². The zero-order valence-electron chi connectivity index (χ0n) is 15.5. The van der Waals surface area contributed by atoms with Crippen molar-refractivity contribution in [2.24, 2.45) is 5.92 Å². The summed E-state index contributed by atoms with van der Waals surface area (Å²) in [5, 5.41) is 6.96. The number of amides is 1. The first-order valence-corrected chi connectivity index (χ1v) is 9.10.